The molecule has 1 aromatic carbocycles. The highest BCUT2D eigenvalue weighted by Gasteiger charge is 2.06. The van der Waals surface area contributed by atoms with E-state index in [0.29, 0.717) is 0 Å². The minimum atomic E-state index is 0.737. The zero-order chi connectivity index (χ0) is 10.1. The van der Waals surface area contributed by atoms with Crippen molar-refractivity contribution in [1.29, 1.82) is 0 Å². The Bertz CT molecular complexity index is 462. The molecule has 0 radical (unpaired) electrons. The molecule has 2 rings (SSSR count). The Balaban J connectivity index is 2.70. The fourth-order valence-corrected chi connectivity index (χ4v) is 1.91. The van der Waals surface area contributed by atoms with Crippen molar-refractivity contribution < 1.29 is 0 Å². The van der Waals surface area contributed by atoms with Gasteiger partial charge in [-0.25, -0.2) is 4.98 Å². The van der Waals surface area contributed by atoms with Gasteiger partial charge in [0, 0.05) is 18.6 Å². The van der Waals surface area contributed by atoms with Gasteiger partial charge in [0.1, 0.15) is 0 Å². The number of hydrogen-bond donors (Lipinski definition) is 1. The Morgan fingerprint density at radius 1 is 1.50 bits per heavy atom. The fraction of sp³-hybridized carbons (Fsp3) is 0.300. The van der Waals surface area contributed by atoms with Gasteiger partial charge in [0.25, 0.3) is 0 Å². The van der Waals surface area contributed by atoms with Crippen LogP contribution in [0.1, 0.15) is 5.56 Å². The van der Waals surface area contributed by atoms with Crippen molar-refractivity contribution in [3.63, 3.8) is 0 Å². The topological polar surface area (TPSA) is 29.9 Å². The van der Waals surface area contributed by atoms with Crippen molar-refractivity contribution in [2.45, 2.75) is 6.54 Å². The zero-order valence-corrected chi connectivity index (χ0v) is 8.97. The van der Waals surface area contributed by atoms with Crippen LogP contribution in [-0.2, 0) is 13.6 Å². The number of aromatic nitrogens is 2. The first-order valence-electron chi connectivity index (χ1n) is 4.46. The number of nitrogens with one attached hydrogen (secondary N) is 1. The summed E-state index contributed by atoms with van der Waals surface area (Å²) in [6.45, 7) is 0.802. The molecule has 0 unspecified atom stereocenters. The molecule has 1 aromatic heterocycles. The second-order valence-corrected chi connectivity index (χ2v) is 3.75. The second kappa shape index (κ2) is 3.59. The van der Waals surface area contributed by atoms with E-state index >= 15 is 0 Å². The molecule has 0 aliphatic heterocycles. The highest BCUT2D eigenvalue weighted by molar-refractivity contribution is 6.31. The molecule has 1 heterocycles. The van der Waals surface area contributed by atoms with Crippen molar-refractivity contribution in [3.05, 3.63) is 29.0 Å². The van der Waals surface area contributed by atoms with Crippen LogP contribution in [0.4, 0.5) is 0 Å². The minimum Gasteiger partial charge on any atom is -0.333 e. The van der Waals surface area contributed by atoms with Gasteiger partial charge < -0.3 is 9.88 Å². The molecule has 2 aromatic rings. The van der Waals surface area contributed by atoms with Gasteiger partial charge in [-0.1, -0.05) is 11.6 Å². The molecule has 0 bridgehead atoms. The van der Waals surface area contributed by atoms with Crippen molar-refractivity contribution in [1.82, 2.24) is 14.9 Å². The number of halogens is 1. The number of hydrogen-bond acceptors (Lipinski definition) is 2. The Morgan fingerprint density at radius 2 is 2.29 bits per heavy atom. The van der Waals surface area contributed by atoms with Crippen LogP contribution >= 0.6 is 11.6 Å². The van der Waals surface area contributed by atoms with E-state index in [1.807, 2.05) is 30.8 Å². The van der Waals surface area contributed by atoms with Gasteiger partial charge in [-0.05, 0) is 24.7 Å². The predicted octanol–water partition coefficient (Wildman–Crippen LogP) is 1.95. The van der Waals surface area contributed by atoms with E-state index in [4.69, 9.17) is 11.6 Å². The third-order valence-electron chi connectivity index (χ3n) is 2.22. The van der Waals surface area contributed by atoms with E-state index in [1.165, 1.54) is 5.56 Å². The summed E-state index contributed by atoms with van der Waals surface area (Å²) in [4.78, 5) is 4.27. The van der Waals surface area contributed by atoms with E-state index in [9.17, 15) is 0 Å². The number of imidazole rings is 1. The van der Waals surface area contributed by atoms with E-state index in [-0.39, 0.29) is 0 Å². The molecule has 0 aliphatic carbocycles. The Kier molecular flexibility index (Phi) is 2.44. The Labute approximate surface area is 87.7 Å². The van der Waals surface area contributed by atoms with Gasteiger partial charge in [-0.2, -0.15) is 0 Å². The molecule has 14 heavy (non-hydrogen) atoms. The van der Waals surface area contributed by atoms with Crippen LogP contribution < -0.4 is 5.32 Å². The lowest BCUT2D eigenvalue weighted by Crippen LogP contribution is -2.06. The second-order valence-electron chi connectivity index (χ2n) is 3.32. The SMILES string of the molecule is CNCc1cc(Cl)cc2ncn(C)c12. The molecular weight excluding hydrogens is 198 g/mol. The van der Waals surface area contributed by atoms with E-state index < -0.39 is 0 Å². The monoisotopic (exact) mass is 209 g/mol. The molecule has 3 nitrogen and oxygen atoms in total. The third kappa shape index (κ3) is 1.49. The number of benzene rings is 1. The highest BCUT2D eigenvalue weighted by atomic mass is 35.5. The first kappa shape index (κ1) is 9.49. The molecular formula is C10H12ClN3. The molecule has 0 saturated carbocycles. The molecule has 0 fully saturated rings. The minimum absolute atomic E-state index is 0.737. The molecule has 0 spiro atoms. The van der Waals surface area contributed by atoms with Crippen LogP contribution in [0.2, 0.25) is 5.02 Å². The van der Waals surface area contributed by atoms with Gasteiger partial charge in [0.15, 0.2) is 0 Å². The molecule has 74 valence electrons. The number of fused-ring (bicyclic) bond motifs is 1. The van der Waals surface area contributed by atoms with Gasteiger partial charge in [-0.3, -0.25) is 0 Å². The van der Waals surface area contributed by atoms with Gasteiger partial charge >= 0.3 is 0 Å². The maximum Gasteiger partial charge on any atom is 0.0955 e. The van der Waals surface area contributed by atoms with Crippen LogP contribution in [0.3, 0.4) is 0 Å². The van der Waals surface area contributed by atoms with Crippen molar-refractivity contribution in [2.24, 2.45) is 7.05 Å². The van der Waals surface area contributed by atoms with Crippen LogP contribution in [0.25, 0.3) is 11.0 Å². The number of rotatable bonds is 2. The maximum absolute atomic E-state index is 5.99. The van der Waals surface area contributed by atoms with Crippen molar-refractivity contribution in [2.75, 3.05) is 7.05 Å². The average Bonchev–Trinajstić information content (AvgIpc) is 2.48. The highest BCUT2D eigenvalue weighted by Crippen LogP contribution is 2.22. The van der Waals surface area contributed by atoms with E-state index in [0.717, 1.165) is 22.6 Å². The Hall–Kier alpha value is -1.06. The van der Waals surface area contributed by atoms with Crippen molar-refractivity contribution in [3.8, 4) is 0 Å². The summed E-state index contributed by atoms with van der Waals surface area (Å²) >= 11 is 5.99. The maximum atomic E-state index is 5.99. The summed E-state index contributed by atoms with van der Waals surface area (Å²) in [7, 11) is 3.91. The largest absolute Gasteiger partial charge is 0.333 e. The molecule has 4 heteroatoms. The number of aryl methyl sites for hydroxylation is 1. The summed E-state index contributed by atoms with van der Waals surface area (Å²) in [6, 6.07) is 3.86. The summed E-state index contributed by atoms with van der Waals surface area (Å²) in [5.41, 5.74) is 3.27. The summed E-state index contributed by atoms with van der Waals surface area (Å²) in [5.74, 6) is 0. The molecule has 0 saturated heterocycles. The van der Waals surface area contributed by atoms with E-state index in [1.54, 1.807) is 6.33 Å². The number of nitrogens with zero attached hydrogens (tertiary/aromatic N) is 2. The zero-order valence-electron chi connectivity index (χ0n) is 8.21. The van der Waals surface area contributed by atoms with Gasteiger partial charge in [0.2, 0.25) is 0 Å². The standard InChI is InChI=1S/C10H12ClN3/c1-12-5-7-3-8(11)4-9-10(7)14(2)6-13-9/h3-4,6,12H,5H2,1-2H3. The van der Waals surface area contributed by atoms with E-state index in [2.05, 4.69) is 10.3 Å². The average molecular weight is 210 g/mol. The lowest BCUT2D eigenvalue weighted by atomic mass is 10.2. The quantitative estimate of drug-likeness (QED) is 0.820. The summed E-state index contributed by atoms with van der Waals surface area (Å²) in [6.07, 6.45) is 1.81. The van der Waals surface area contributed by atoms with Crippen LogP contribution in [0.15, 0.2) is 18.5 Å². The van der Waals surface area contributed by atoms with Crippen LogP contribution in [-0.4, -0.2) is 16.6 Å². The van der Waals surface area contributed by atoms with Crippen molar-refractivity contribution >= 4 is 22.6 Å². The molecule has 0 aliphatic rings. The lowest BCUT2D eigenvalue weighted by molar-refractivity contribution is 0.815. The first-order valence-corrected chi connectivity index (χ1v) is 4.84. The molecule has 0 atom stereocenters. The lowest BCUT2D eigenvalue weighted by Gasteiger charge is -2.05. The normalized spacial score (nSPS) is 11.1. The molecule has 0 amide bonds. The summed E-state index contributed by atoms with van der Waals surface area (Å²) < 4.78 is 2.01. The smallest absolute Gasteiger partial charge is 0.0955 e. The predicted molar refractivity (Wildman–Crippen MR) is 58.5 cm³/mol. The van der Waals surface area contributed by atoms with Crippen LogP contribution in [0, 0.1) is 0 Å². The third-order valence-corrected chi connectivity index (χ3v) is 2.44. The van der Waals surface area contributed by atoms with Crippen LogP contribution in [0.5, 0.6) is 0 Å². The molecule has 1 N–H and O–H groups in total. The van der Waals surface area contributed by atoms with Gasteiger partial charge in [-0.15, -0.1) is 0 Å². The fourth-order valence-electron chi connectivity index (χ4n) is 1.68. The Morgan fingerprint density at radius 3 is 3.00 bits per heavy atom. The first-order chi connectivity index (χ1) is 6.72. The summed E-state index contributed by atoms with van der Waals surface area (Å²) in [5, 5.41) is 3.86. The van der Waals surface area contributed by atoms with Gasteiger partial charge in [0.05, 0.1) is 17.4 Å².